The third kappa shape index (κ3) is 4.81. The molecular formula is C20H27N5O2S. The third-order valence-corrected chi connectivity index (χ3v) is 5.19. The first kappa shape index (κ1) is 20.6. The van der Waals surface area contributed by atoms with Gasteiger partial charge in [0.2, 0.25) is 0 Å². The Kier molecular flexibility index (Phi) is 7.24. The van der Waals surface area contributed by atoms with Crippen molar-refractivity contribution in [3.8, 4) is 0 Å². The number of likely N-dealkylation sites (N-methyl/N-ethyl adjacent to an activating group) is 1. The van der Waals surface area contributed by atoms with Crippen molar-refractivity contribution in [1.29, 1.82) is 0 Å². The second-order valence-corrected chi connectivity index (χ2v) is 7.43. The number of benzene rings is 1. The minimum Gasteiger partial charge on any atom is -0.377 e. The maximum atomic E-state index is 13.2. The number of carbonyl (C=O) groups is 1. The summed E-state index contributed by atoms with van der Waals surface area (Å²) in [4.78, 5) is 25.9. The summed E-state index contributed by atoms with van der Waals surface area (Å²) in [5, 5.41) is 3.78. The third-order valence-electron chi connectivity index (χ3n) is 4.63. The Bertz CT molecular complexity index is 817. The van der Waals surface area contributed by atoms with Crippen LogP contribution in [0.5, 0.6) is 0 Å². The second-order valence-electron chi connectivity index (χ2n) is 6.65. The molecule has 0 saturated carbocycles. The van der Waals surface area contributed by atoms with E-state index >= 15 is 0 Å². The normalized spacial score (nSPS) is 14.2. The fraction of sp³-hybridized carbons (Fsp3) is 0.450. The van der Waals surface area contributed by atoms with Gasteiger partial charge < -0.3 is 19.9 Å². The standard InChI is InChI=1S/C20H27N5O2S/c1-21-8-5-11-27-14-15-6-4-7-16(12-15)25-10-9-24(2)18-17(19(25)26)13-22-20(23-18)28-3/h4,6-7,12-13,21H,5,8-11,14H2,1-3H3. The summed E-state index contributed by atoms with van der Waals surface area (Å²) in [7, 11) is 3.90. The highest BCUT2D eigenvalue weighted by molar-refractivity contribution is 7.98. The zero-order chi connectivity index (χ0) is 19.9. The Hall–Kier alpha value is -2.16. The molecular weight excluding hydrogens is 374 g/mol. The van der Waals surface area contributed by atoms with Crippen molar-refractivity contribution < 1.29 is 9.53 Å². The van der Waals surface area contributed by atoms with Gasteiger partial charge in [0.15, 0.2) is 5.16 Å². The van der Waals surface area contributed by atoms with Gasteiger partial charge in [-0.25, -0.2) is 9.97 Å². The molecule has 7 nitrogen and oxygen atoms in total. The van der Waals surface area contributed by atoms with Crippen molar-refractivity contribution >= 4 is 29.2 Å². The molecule has 0 atom stereocenters. The first-order valence-corrected chi connectivity index (χ1v) is 10.6. The van der Waals surface area contributed by atoms with Gasteiger partial charge in [-0.3, -0.25) is 4.79 Å². The van der Waals surface area contributed by atoms with Gasteiger partial charge in [-0.05, 0) is 44.0 Å². The van der Waals surface area contributed by atoms with Gasteiger partial charge in [-0.1, -0.05) is 23.9 Å². The molecule has 0 radical (unpaired) electrons. The predicted molar refractivity (Wildman–Crippen MR) is 113 cm³/mol. The van der Waals surface area contributed by atoms with Crippen LogP contribution in [0.3, 0.4) is 0 Å². The first-order chi connectivity index (χ1) is 13.6. The van der Waals surface area contributed by atoms with E-state index in [2.05, 4.69) is 15.3 Å². The lowest BCUT2D eigenvalue weighted by Crippen LogP contribution is -2.33. The number of hydrogen-bond acceptors (Lipinski definition) is 7. The van der Waals surface area contributed by atoms with Crippen LogP contribution in [0.25, 0.3) is 0 Å². The molecule has 1 amide bonds. The van der Waals surface area contributed by atoms with E-state index in [1.165, 1.54) is 11.8 Å². The van der Waals surface area contributed by atoms with Crippen molar-refractivity contribution in [1.82, 2.24) is 15.3 Å². The molecule has 0 fully saturated rings. The van der Waals surface area contributed by atoms with Crippen LogP contribution in [0, 0.1) is 0 Å². The van der Waals surface area contributed by atoms with Gasteiger partial charge in [0, 0.05) is 38.6 Å². The molecule has 28 heavy (non-hydrogen) atoms. The Morgan fingerprint density at radius 2 is 2.18 bits per heavy atom. The van der Waals surface area contributed by atoms with Crippen LogP contribution in [0.2, 0.25) is 0 Å². The lowest BCUT2D eigenvalue weighted by atomic mass is 10.1. The molecule has 1 N–H and O–H groups in total. The average molecular weight is 402 g/mol. The summed E-state index contributed by atoms with van der Waals surface area (Å²) in [5.41, 5.74) is 2.46. The van der Waals surface area contributed by atoms with Crippen LogP contribution in [-0.2, 0) is 11.3 Å². The molecule has 2 aromatic rings. The number of ether oxygens (including phenoxy) is 1. The van der Waals surface area contributed by atoms with Crippen molar-refractivity contribution in [2.75, 3.05) is 56.4 Å². The van der Waals surface area contributed by atoms with E-state index in [0.29, 0.717) is 42.8 Å². The number of carbonyl (C=O) groups excluding carboxylic acids is 1. The molecule has 1 aromatic carbocycles. The number of hydrogen-bond donors (Lipinski definition) is 1. The summed E-state index contributed by atoms with van der Waals surface area (Å²) in [6.07, 6.45) is 4.54. The molecule has 1 aliphatic heterocycles. The molecule has 0 saturated heterocycles. The number of nitrogens with one attached hydrogen (secondary N) is 1. The largest absolute Gasteiger partial charge is 0.377 e. The van der Waals surface area contributed by atoms with Crippen LogP contribution < -0.4 is 15.1 Å². The fourth-order valence-electron chi connectivity index (χ4n) is 3.10. The summed E-state index contributed by atoms with van der Waals surface area (Å²) in [5.74, 6) is 0.620. The number of thioether (sulfide) groups is 1. The molecule has 0 aliphatic carbocycles. The predicted octanol–water partition coefficient (Wildman–Crippen LogP) is 2.42. The number of anilines is 2. The number of aromatic nitrogens is 2. The molecule has 3 rings (SSSR count). The van der Waals surface area contributed by atoms with Gasteiger partial charge in [0.05, 0.1) is 6.61 Å². The molecule has 1 aliphatic rings. The Morgan fingerprint density at radius 3 is 2.96 bits per heavy atom. The minimum atomic E-state index is -0.0703. The highest BCUT2D eigenvalue weighted by Gasteiger charge is 2.28. The number of rotatable bonds is 8. The Labute approximate surface area is 170 Å². The van der Waals surface area contributed by atoms with Crippen molar-refractivity contribution in [2.24, 2.45) is 0 Å². The van der Waals surface area contributed by atoms with Crippen LogP contribution >= 0.6 is 11.8 Å². The SMILES string of the molecule is CNCCCOCc1cccc(N2CCN(C)c3nc(SC)ncc3C2=O)c1. The lowest BCUT2D eigenvalue weighted by Gasteiger charge is -2.21. The zero-order valence-electron chi connectivity index (χ0n) is 16.6. The molecule has 150 valence electrons. The smallest absolute Gasteiger partial charge is 0.263 e. The zero-order valence-corrected chi connectivity index (χ0v) is 17.5. The maximum absolute atomic E-state index is 13.2. The van der Waals surface area contributed by atoms with E-state index in [1.807, 2.05) is 49.5 Å². The maximum Gasteiger partial charge on any atom is 0.263 e. The topological polar surface area (TPSA) is 70.6 Å². The van der Waals surface area contributed by atoms with E-state index in [4.69, 9.17) is 4.74 Å². The van der Waals surface area contributed by atoms with E-state index in [0.717, 1.165) is 24.2 Å². The highest BCUT2D eigenvalue weighted by atomic mass is 32.2. The summed E-state index contributed by atoms with van der Waals surface area (Å²) < 4.78 is 5.74. The van der Waals surface area contributed by atoms with Crippen molar-refractivity contribution in [3.63, 3.8) is 0 Å². The molecule has 0 unspecified atom stereocenters. The Morgan fingerprint density at radius 1 is 1.32 bits per heavy atom. The monoisotopic (exact) mass is 401 g/mol. The van der Waals surface area contributed by atoms with Crippen LogP contribution in [0.1, 0.15) is 22.3 Å². The van der Waals surface area contributed by atoms with Gasteiger partial charge in [0.1, 0.15) is 11.4 Å². The van der Waals surface area contributed by atoms with Gasteiger partial charge in [-0.15, -0.1) is 0 Å². The average Bonchev–Trinajstić information content (AvgIpc) is 2.84. The molecule has 0 bridgehead atoms. The molecule has 0 spiro atoms. The van der Waals surface area contributed by atoms with E-state index in [-0.39, 0.29) is 5.91 Å². The molecule has 2 heterocycles. The van der Waals surface area contributed by atoms with Crippen molar-refractivity contribution in [2.45, 2.75) is 18.2 Å². The summed E-state index contributed by atoms with van der Waals surface area (Å²) in [6.45, 7) is 3.48. The van der Waals surface area contributed by atoms with Gasteiger partial charge in [0.25, 0.3) is 5.91 Å². The van der Waals surface area contributed by atoms with Crippen LogP contribution in [-0.4, -0.2) is 62.5 Å². The van der Waals surface area contributed by atoms with E-state index in [9.17, 15) is 4.79 Å². The number of fused-ring (bicyclic) bond motifs is 1. The van der Waals surface area contributed by atoms with Gasteiger partial charge in [-0.2, -0.15) is 0 Å². The summed E-state index contributed by atoms with van der Waals surface area (Å²) in [6, 6.07) is 7.98. The van der Waals surface area contributed by atoms with Crippen molar-refractivity contribution in [3.05, 3.63) is 41.6 Å². The second kappa shape index (κ2) is 9.86. The minimum absolute atomic E-state index is 0.0703. The van der Waals surface area contributed by atoms with Crippen LogP contribution in [0.4, 0.5) is 11.5 Å². The highest BCUT2D eigenvalue weighted by Crippen LogP contribution is 2.27. The van der Waals surface area contributed by atoms with Gasteiger partial charge >= 0.3 is 0 Å². The first-order valence-electron chi connectivity index (χ1n) is 9.39. The Balaban J connectivity index is 1.77. The van der Waals surface area contributed by atoms with Crippen LogP contribution in [0.15, 0.2) is 35.6 Å². The summed E-state index contributed by atoms with van der Waals surface area (Å²) >= 11 is 1.47. The molecule has 1 aromatic heterocycles. The quantitative estimate of drug-likeness (QED) is 0.414. The molecule has 8 heteroatoms. The fourth-order valence-corrected chi connectivity index (χ4v) is 3.44. The van der Waals surface area contributed by atoms with E-state index in [1.54, 1.807) is 11.1 Å². The lowest BCUT2D eigenvalue weighted by molar-refractivity contribution is 0.0989. The number of amides is 1. The van der Waals surface area contributed by atoms with E-state index < -0.39 is 0 Å². The number of nitrogens with zero attached hydrogens (tertiary/aromatic N) is 4.